The van der Waals surface area contributed by atoms with Gasteiger partial charge in [0, 0.05) is 17.3 Å². The number of carbonyl (C=O) groups excluding carboxylic acids is 1. The fourth-order valence-corrected chi connectivity index (χ4v) is 2.78. The molecule has 2 aromatic rings. The highest BCUT2D eigenvalue weighted by molar-refractivity contribution is 7.99. The highest BCUT2D eigenvalue weighted by Crippen LogP contribution is 2.15. The number of carbonyl (C=O) groups is 1. The molecule has 0 heterocycles. The number of benzene rings is 2. The highest BCUT2D eigenvalue weighted by Gasteiger charge is 2.03. The molecule has 0 aliphatic heterocycles. The van der Waals surface area contributed by atoms with Crippen LogP contribution in [0.5, 0.6) is 5.75 Å². The highest BCUT2D eigenvalue weighted by atomic mass is 35.5. The predicted molar refractivity (Wildman–Crippen MR) is 92.5 cm³/mol. The maximum atomic E-state index is 11.8. The Morgan fingerprint density at radius 3 is 2.36 bits per heavy atom. The average molecular weight is 336 g/mol. The van der Waals surface area contributed by atoms with E-state index in [2.05, 4.69) is 5.32 Å². The normalized spacial score (nSPS) is 10.3. The van der Waals surface area contributed by atoms with E-state index >= 15 is 0 Å². The Morgan fingerprint density at radius 2 is 1.73 bits per heavy atom. The molecule has 22 heavy (non-hydrogen) atoms. The number of hydrogen-bond donors (Lipinski definition) is 1. The molecule has 0 aromatic heterocycles. The number of thioether (sulfide) groups is 1. The van der Waals surface area contributed by atoms with Gasteiger partial charge >= 0.3 is 0 Å². The van der Waals surface area contributed by atoms with Crippen LogP contribution < -0.4 is 10.1 Å². The largest absolute Gasteiger partial charge is 0.497 e. The Bertz CT molecular complexity index is 599. The van der Waals surface area contributed by atoms with E-state index in [0.29, 0.717) is 12.3 Å². The summed E-state index contributed by atoms with van der Waals surface area (Å²) in [6, 6.07) is 15.3. The maximum absolute atomic E-state index is 11.8. The topological polar surface area (TPSA) is 38.3 Å². The Labute approximate surface area is 140 Å². The van der Waals surface area contributed by atoms with Crippen LogP contribution in [0.4, 0.5) is 0 Å². The minimum atomic E-state index is 0.0368. The van der Waals surface area contributed by atoms with Crippen LogP contribution in [-0.2, 0) is 17.1 Å². The van der Waals surface area contributed by atoms with Crippen molar-refractivity contribution in [3.63, 3.8) is 0 Å². The van der Waals surface area contributed by atoms with E-state index in [1.807, 2.05) is 48.5 Å². The first-order valence-electron chi connectivity index (χ1n) is 6.89. The standard InChI is InChI=1S/C17H18ClNO2S/c1-21-16-8-4-13(5-9-16)10-19-17(20)12-22-11-14-2-6-15(18)7-3-14/h2-9H,10-12H2,1H3,(H,19,20). The van der Waals surface area contributed by atoms with Gasteiger partial charge in [0.05, 0.1) is 12.9 Å². The lowest BCUT2D eigenvalue weighted by Gasteiger charge is -2.06. The minimum absolute atomic E-state index is 0.0368. The molecule has 0 aliphatic rings. The van der Waals surface area contributed by atoms with E-state index in [9.17, 15) is 4.79 Å². The monoisotopic (exact) mass is 335 g/mol. The van der Waals surface area contributed by atoms with Gasteiger partial charge in [0.1, 0.15) is 5.75 Å². The van der Waals surface area contributed by atoms with Crippen molar-refractivity contribution in [2.24, 2.45) is 0 Å². The van der Waals surface area contributed by atoms with Gasteiger partial charge in [-0.05, 0) is 35.4 Å². The van der Waals surface area contributed by atoms with Crippen LogP contribution in [0.25, 0.3) is 0 Å². The molecule has 116 valence electrons. The molecule has 0 bridgehead atoms. The first kappa shape index (κ1) is 16.7. The van der Waals surface area contributed by atoms with Crippen molar-refractivity contribution in [1.29, 1.82) is 0 Å². The third-order valence-corrected chi connectivity index (χ3v) is 4.32. The second-order valence-corrected chi connectivity index (χ2v) is 6.17. The first-order chi connectivity index (χ1) is 10.7. The third-order valence-electron chi connectivity index (χ3n) is 3.06. The molecular formula is C17H18ClNO2S. The Hall–Kier alpha value is -1.65. The van der Waals surface area contributed by atoms with Gasteiger partial charge in [-0.25, -0.2) is 0 Å². The molecule has 1 amide bonds. The second kappa shape index (κ2) is 8.71. The number of hydrogen-bond acceptors (Lipinski definition) is 3. The van der Waals surface area contributed by atoms with E-state index < -0.39 is 0 Å². The Balaban J connectivity index is 1.68. The van der Waals surface area contributed by atoms with E-state index in [1.54, 1.807) is 18.9 Å². The molecule has 0 spiro atoms. The van der Waals surface area contributed by atoms with Crippen LogP contribution in [0.3, 0.4) is 0 Å². The van der Waals surface area contributed by atoms with Gasteiger partial charge < -0.3 is 10.1 Å². The maximum Gasteiger partial charge on any atom is 0.230 e. The first-order valence-corrected chi connectivity index (χ1v) is 8.42. The van der Waals surface area contributed by atoms with Gasteiger partial charge in [-0.3, -0.25) is 4.79 Å². The summed E-state index contributed by atoms with van der Waals surface area (Å²) in [6.07, 6.45) is 0. The van der Waals surface area contributed by atoms with E-state index in [1.165, 1.54) is 0 Å². The molecule has 5 heteroatoms. The number of ether oxygens (including phenoxy) is 1. The lowest BCUT2D eigenvalue weighted by Crippen LogP contribution is -2.24. The molecule has 3 nitrogen and oxygen atoms in total. The van der Waals surface area contributed by atoms with Crippen molar-refractivity contribution in [1.82, 2.24) is 5.32 Å². The van der Waals surface area contributed by atoms with Crippen LogP contribution in [0.15, 0.2) is 48.5 Å². The molecule has 0 radical (unpaired) electrons. The fourth-order valence-electron chi connectivity index (χ4n) is 1.84. The third kappa shape index (κ3) is 5.62. The van der Waals surface area contributed by atoms with Crippen LogP contribution in [-0.4, -0.2) is 18.8 Å². The van der Waals surface area contributed by atoms with E-state index in [-0.39, 0.29) is 5.91 Å². The van der Waals surface area contributed by atoms with Crippen molar-refractivity contribution in [2.45, 2.75) is 12.3 Å². The van der Waals surface area contributed by atoms with Crippen molar-refractivity contribution in [3.8, 4) is 5.75 Å². The molecular weight excluding hydrogens is 318 g/mol. The summed E-state index contributed by atoms with van der Waals surface area (Å²) in [6.45, 7) is 0.532. The quantitative estimate of drug-likeness (QED) is 0.834. The van der Waals surface area contributed by atoms with Gasteiger partial charge in [-0.1, -0.05) is 35.9 Å². The van der Waals surface area contributed by atoms with E-state index in [4.69, 9.17) is 16.3 Å². The second-order valence-electron chi connectivity index (χ2n) is 4.74. The summed E-state index contributed by atoms with van der Waals surface area (Å²) in [5, 5.41) is 3.64. The molecule has 2 rings (SSSR count). The zero-order chi connectivity index (χ0) is 15.8. The number of halogens is 1. The Kier molecular flexibility index (Phi) is 6.62. The number of rotatable bonds is 7. The van der Waals surface area contributed by atoms with Crippen molar-refractivity contribution in [3.05, 3.63) is 64.7 Å². The van der Waals surface area contributed by atoms with Gasteiger partial charge in [0.2, 0.25) is 5.91 Å². The number of nitrogens with one attached hydrogen (secondary N) is 1. The van der Waals surface area contributed by atoms with Gasteiger partial charge in [0.15, 0.2) is 0 Å². The Morgan fingerprint density at radius 1 is 1.09 bits per heavy atom. The zero-order valence-electron chi connectivity index (χ0n) is 12.3. The lowest BCUT2D eigenvalue weighted by molar-refractivity contribution is -0.118. The lowest BCUT2D eigenvalue weighted by atomic mass is 10.2. The summed E-state index contributed by atoms with van der Waals surface area (Å²) in [4.78, 5) is 11.8. The van der Waals surface area contributed by atoms with Crippen molar-refractivity contribution >= 4 is 29.3 Å². The molecule has 0 aliphatic carbocycles. The molecule has 0 atom stereocenters. The van der Waals surface area contributed by atoms with Crippen LogP contribution >= 0.6 is 23.4 Å². The average Bonchev–Trinajstić information content (AvgIpc) is 2.55. The van der Waals surface area contributed by atoms with Gasteiger partial charge in [-0.2, -0.15) is 0 Å². The number of amides is 1. The van der Waals surface area contributed by atoms with Gasteiger partial charge in [0.25, 0.3) is 0 Å². The summed E-state index contributed by atoms with van der Waals surface area (Å²) >= 11 is 7.42. The predicted octanol–water partition coefficient (Wildman–Crippen LogP) is 3.90. The fraction of sp³-hybridized carbons (Fsp3) is 0.235. The van der Waals surface area contributed by atoms with Gasteiger partial charge in [-0.15, -0.1) is 11.8 Å². The van der Waals surface area contributed by atoms with Crippen molar-refractivity contribution < 1.29 is 9.53 Å². The number of methoxy groups -OCH3 is 1. The molecule has 0 fully saturated rings. The zero-order valence-corrected chi connectivity index (χ0v) is 13.9. The molecule has 0 unspecified atom stereocenters. The van der Waals surface area contributed by atoms with Crippen LogP contribution in [0, 0.1) is 0 Å². The molecule has 2 aromatic carbocycles. The molecule has 0 saturated heterocycles. The summed E-state index contributed by atoms with van der Waals surface area (Å²) in [7, 11) is 1.63. The summed E-state index contributed by atoms with van der Waals surface area (Å²) < 4.78 is 5.10. The van der Waals surface area contributed by atoms with Crippen molar-refractivity contribution in [2.75, 3.05) is 12.9 Å². The molecule has 1 N–H and O–H groups in total. The summed E-state index contributed by atoms with van der Waals surface area (Å²) in [5.74, 6) is 2.09. The minimum Gasteiger partial charge on any atom is -0.497 e. The molecule has 0 saturated carbocycles. The summed E-state index contributed by atoms with van der Waals surface area (Å²) in [5.41, 5.74) is 2.22. The smallest absolute Gasteiger partial charge is 0.230 e. The SMILES string of the molecule is COc1ccc(CNC(=O)CSCc2ccc(Cl)cc2)cc1. The van der Waals surface area contributed by atoms with Crippen LogP contribution in [0.1, 0.15) is 11.1 Å². The van der Waals surface area contributed by atoms with Crippen LogP contribution in [0.2, 0.25) is 5.02 Å². The van der Waals surface area contributed by atoms with E-state index in [0.717, 1.165) is 27.7 Å².